The highest BCUT2D eigenvalue weighted by Crippen LogP contribution is 2.15. The molecule has 4 nitrogen and oxygen atoms in total. The Morgan fingerprint density at radius 2 is 1.95 bits per heavy atom. The smallest absolute Gasteiger partial charge is 0.246 e. The Hall–Kier alpha value is -2.33. The van der Waals surface area contributed by atoms with Crippen LogP contribution in [0, 0.1) is 6.92 Å². The van der Waals surface area contributed by atoms with Gasteiger partial charge in [-0.15, -0.1) is 0 Å². The summed E-state index contributed by atoms with van der Waals surface area (Å²) in [5, 5.41) is 15.2. The summed E-state index contributed by atoms with van der Waals surface area (Å²) in [6, 6.07) is 14.7. The van der Waals surface area contributed by atoms with Gasteiger partial charge in [-0.2, -0.15) is 0 Å². The topological polar surface area (TPSA) is 61.4 Å². The van der Waals surface area contributed by atoms with Crippen molar-refractivity contribution in [2.24, 2.45) is 0 Å². The molecule has 0 aromatic heterocycles. The van der Waals surface area contributed by atoms with Crippen LogP contribution in [-0.4, -0.2) is 17.1 Å². The number of carbonyl (C=O) groups excluding carboxylic acids is 1. The van der Waals surface area contributed by atoms with Crippen LogP contribution in [-0.2, 0) is 11.4 Å². The van der Waals surface area contributed by atoms with Gasteiger partial charge in [-0.3, -0.25) is 4.79 Å². The fourth-order valence-electron chi connectivity index (χ4n) is 2.03. The lowest BCUT2D eigenvalue weighted by molar-refractivity contribution is -0.116. The highest BCUT2D eigenvalue weighted by molar-refractivity contribution is 5.96. The molecule has 4 heteroatoms. The number of nitrogens with one attached hydrogen (secondary N) is 2. The Morgan fingerprint density at radius 1 is 1.19 bits per heavy atom. The molecule has 0 fully saturated rings. The van der Waals surface area contributed by atoms with E-state index in [1.807, 2.05) is 55.5 Å². The fraction of sp³-hybridized carbons (Fsp3) is 0.235. The Morgan fingerprint density at radius 3 is 2.67 bits per heavy atom. The van der Waals surface area contributed by atoms with Crippen molar-refractivity contribution in [3.8, 4) is 0 Å². The summed E-state index contributed by atoms with van der Waals surface area (Å²) in [4.78, 5) is 12.2. The van der Waals surface area contributed by atoms with Crippen molar-refractivity contribution in [2.45, 2.75) is 26.5 Å². The molecule has 2 aromatic carbocycles. The highest BCUT2D eigenvalue weighted by Gasteiger charge is 2.13. The van der Waals surface area contributed by atoms with Crippen LogP contribution in [0.1, 0.15) is 18.1 Å². The summed E-state index contributed by atoms with van der Waals surface area (Å²) in [5.74, 6) is -0.0984. The SMILES string of the molecule is Cc1ccccc1NC(=O)C(C)Nc1cccc(CO)c1. The quantitative estimate of drug-likeness (QED) is 0.791. The number of benzene rings is 2. The number of amides is 1. The molecule has 1 amide bonds. The number of rotatable bonds is 5. The van der Waals surface area contributed by atoms with Gasteiger partial charge in [0, 0.05) is 11.4 Å². The largest absolute Gasteiger partial charge is 0.392 e. The van der Waals surface area contributed by atoms with E-state index in [2.05, 4.69) is 10.6 Å². The predicted molar refractivity (Wildman–Crippen MR) is 85.3 cm³/mol. The van der Waals surface area contributed by atoms with Gasteiger partial charge >= 0.3 is 0 Å². The van der Waals surface area contributed by atoms with Crippen molar-refractivity contribution in [1.82, 2.24) is 0 Å². The van der Waals surface area contributed by atoms with Crippen molar-refractivity contribution >= 4 is 17.3 Å². The van der Waals surface area contributed by atoms with Gasteiger partial charge in [0.05, 0.1) is 6.61 Å². The molecule has 3 N–H and O–H groups in total. The average Bonchev–Trinajstić information content (AvgIpc) is 2.49. The van der Waals surface area contributed by atoms with E-state index in [4.69, 9.17) is 5.11 Å². The molecule has 0 aliphatic rings. The molecule has 0 spiro atoms. The molecule has 0 saturated heterocycles. The van der Waals surface area contributed by atoms with Gasteiger partial charge in [0.25, 0.3) is 0 Å². The average molecular weight is 284 g/mol. The van der Waals surface area contributed by atoms with Gasteiger partial charge in [0.1, 0.15) is 6.04 Å². The molecule has 0 radical (unpaired) electrons. The van der Waals surface area contributed by atoms with Gasteiger partial charge in [-0.1, -0.05) is 30.3 Å². The van der Waals surface area contributed by atoms with Gasteiger partial charge in [-0.05, 0) is 43.2 Å². The van der Waals surface area contributed by atoms with Crippen molar-refractivity contribution in [2.75, 3.05) is 10.6 Å². The summed E-state index contributed by atoms with van der Waals surface area (Å²) in [6.07, 6.45) is 0. The summed E-state index contributed by atoms with van der Waals surface area (Å²) >= 11 is 0. The second-order valence-electron chi connectivity index (χ2n) is 5.03. The Labute approximate surface area is 124 Å². The highest BCUT2D eigenvalue weighted by atomic mass is 16.3. The molecule has 0 bridgehead atoms. The van der Waals surface area contributed by atoms with E-state index < -0.39 is 0 Å². The van der Waals surface area contributed by atoms with Crippen molar-refractivity contribution < 1.29 is 9.90 Å². The van der Waals surface area contributed by atoms with Gasteiger partial charge in [0.15, 0.2) is 0 Å². The van der Waals surface area contributed by atoms with Crippen LogP contribution in [0.15, 0.2) is 48.5 Å². The lowest BCUT2D eigenvalue weighted by Gasteiger charge is -2.16. The standard InChI is InChI=1S/C17H20N2O2/c1-12-6-3-4-9-16(12)19-17(21)13(2)18-15-8-5-7-14(10-15)11-20/h3-10,13,18,20H,11H2,1-2H3,(H,19,21). The molecule has 0 aliphatic carbocycles. The second-order valence-corrected chi connectivity index (χ2v) is 5.03. The van der Waals surface area contributed by atoms with E-state index in [0.717, 1.165) is 22.5 Å². The minimum Gasteiger partial charge on any atom is -0.392 e. The normalized spacial score (nSPS) is 11.8. The maximum Gasteiger partial charge on any atom is 0.246 e. The van der Waals surface area contributed by atoms with Gasteiger partial charge in [-0.25, -0.2) is 0 Å². The molecule has 21 heavy (non-hydrogen) atoms. The van der Waals surface area contributed by atoms with E-state index in [1.54, 1.807) is 6.92 Å². The Balaban J connectivity index is 2.01. The predicted octanol–water partition coefficient (Wildman–Crippen LogP) is 2.93. The van der Waals surface area contributed by atoms with Crippen LogP contribution >= 0.6 is 0 Å². The lowest BCUT2D eigenvalue weighted by Crippen LogP contribution is -2.32. The number of anilines is 2. The third kappa shape index (κ3) is 4.07. The number of aliphatic hydroxyl groups is 1. The lowest BCUT2D eigenvalue weighted by atomic mass is 10.1. The number of aliphatic hydroxyl groups excluding tert-OH is 1. The number of carbonyl (C=O) groups is 1. The molecule has 1 atom stereocenters. The van der Waals surface area contributed by atoms with E-state index in [9.17, 15) is 4.79 Å². The third-order valence-corrected chi connectivity index (χ3v) is 3.29. The van der Waals surface area contributed by atoms with E-state index in [0.29, 0.717) is 0 Å². The summed E-state index contributed by atoms with van der Waals surface area (Å²) in [5.41, 5.74) is 3.47. The third-order valence-electron chi connectivity index (χ3n) is 3.29. The Kier molecular flexibility index (Phi) is 4.95. The van der Waals surface area contributed by atoms with Crippen LogP contribution < -0.4 is 10.6 Å². The van der Waals surface area contributed by atoms with Gasteiger partial charge in [0.2, 0.25) is 5.91 Å². The molecule has 0 saturated carbocycles. The van der Waals surface area contributed by atoms with Crippen molar-refractivity contribution in [3.05, 3.63) is 59.7 Å². The summed E-state index contributed by atoms with van der Waals surface area (Å²) in [6.45, 7) is 3.75. The first-order valence-corrected chi connectivity index (χ1v) is 6.93. The first kappa shape index (κ1) is 15.1. The summed E-state index contributed by atoms with van der Waals surface area (Å²) in [7, 11) is 0. The molecular weight excluding hydrogens is 264 g/mol. The fourth-order valence-corrected chi connectivity index (χ4v) is 2.03. The van der Waals surface area contributed by atoms with Crippen LogP contribution in [0.25, 0.3) is 0 Å². The van der Waals surface area contributed by atoms with Crippen LogP contribution in [0.3, 0.4) is 0 Å². The van der Waals surface area contributed by atoms with Crippen LogP contribution in [0.2, 0.25) is 0 Å². The van der Waals surface area contributed by atoms with Gasteiger partial charge < -0.3 is 15.7 Å². The van der Waals surface area contributed by atoms with E-state index in [-0.39, 0.29) is 18.6 Å². The first-order valence-electron chi connectivity index (χ1n) is 6.93. The van der Waals surface area contributed by atoms with Crippen LogP contribution in [0.5, 0.6) is 0 Å². The van der Waals surface area contributed by atoms with Crippen molar-refractivity contribution in [1.29, 1.82) is 0 Å². The molecule has 2 rings (SSSR count). The van der Waals surface area contributed by atoms with E-state index in [1.165, 1.54) is 0 Å². The molecule has 1 unspecified atom stereocenters. The minimum absolute atomic E-state index is 0.0146. The summed E-state index contributed by atoms with van der Waals surface area (Å²) < 4.78 is 0. The minimum atomic E-state index is -0.376. The zero-order valence-corrected chi connectivity index (χ0v) is 12.3. The zero-order chi connectivity index (χ0) is 15.2. The molecular formula is C17H20N2O2. The molecule has 0 heterocycles. The molecule has 0 aliphatic heterocycles. The van der Waals surface area contributed by atoms with E-state index >= 15 is 0 Å². The Bertz CT molecular complexity index is 626. The molecule has 2 aromatic rings. The number of hydrogen-bond donors (Lipinski definition) is 3. The second kappa shape index (κ2) is 6.90. The maximum atomic E-state index is 12.2. The zero-order valence-electron chi connectivity index (χ0n) is 12.3. The number of para-hydroxylation sites is 1. The van der Waals surface area contributed by atoms with Crippen LogP contribution in [0.4, 0.5) is 11.4 Å². The maximum absolute atomic E-state index is 12.2. The number of hydrogen-bond acceptors (Lipinski definition) is 3. The molecule has 110 valence electrons. The first-order chi connectivity index (χ1) is 10.1. The van der Waals surface area contributed by atoms with Crippen molar-refractivity contribution in [3.63, 3.8) is 0 Å². The number of aryl methyl sites for hydroxylation is 1. The monoisotopic (exact) mass is 284 g/mol.